The van der Waals surface area contributed by atoms with Gasteiger partial charge in [0.1, 0.15) is 17.2 Å². The van der Waals surface area contributed by atoms with E-state index in [9.17, 15) is 4.79 Å². The fraction of sp³-hybridized carbons (Fsp3) is 0.630. The molecule has 1 amide bonds. The van der Waals surface area contributed by atoms with Gasteiger partial charge < -0.3 is 20.3 Å². The van der Waals surface area contributed by atoms with Gasteiger partial charge in [-0.05, 0) is 58.2 Å². The Balaban J connectivity index is 1.44. The summed E-state index contributed by atoms with van der Waals surface area (Å²) >= 11 is 1.60. The first-order valence-electron chi connectivity index (χ1n) is 13.4. The molecule has 0 spiro atoms. The highest BCUT2D eigenvalue weighted by Gasteiger charge is 2.28. The molecule has 2 fully saturated rings. The number of thiazole rings is 1. The fourth-order valence-electron chi connectivity index (χ4n) is 4.77. The average Bonchev–Trinajstić information content (AvgIpc) is 3.27. The van der Waals surface area contributed by atoms with Gasteiger partial charge in [0, 0.05) is 75.9 Å². The fourth-order valence-corrected chi connectivity index (χ4v) is 5.44. The van der Waals surface area contributed by atoms with Gasteiger partial charge in [-0.15, -0.1) is 11.3 Å². The van der Waals surface area contributed by atoms with Crippen molar-refractivity contribution in [1.29, 1.82) is 5.26 Å². The zero-order valence-electron chi connectivity index (χ0n) is 23.0. The molecule has 0 aliphatic carbocycles. The molecule has 2 aromatic heterocycles. The third kappa shape index (κ3) is 8.55. The normalized spacial score (nSPS) is 19.1. The van der Waals surface area contributed by atoms with Gasteiger partial charge in [0.15, 0.2) is 5.13 Å². The molecule has 38 heavy (non-hydrogen) atoms. The lowest BCUT2D eigenvalue weighted by Crippen LogP contribution is -2.47. The third-order valence-corrected chi connectivity index (χ3v) is 7.41. The van der Waals surface area contributed by atoms with Crippen LogP contribution in [0.2, 0.25) is 0 Å². The van der Waals surface area contributed by atoms with E-state index in [0.29, 0.717) is 19.5 Å². The third-order valence-electron chi connectivity index (χ3n) is 6.58. The minimum absolute atomic E-state index is 0.0951. The van der Waals surface area contributed by atoms with Crippen LogP contribution in [0.3, 0.4) is 0 Å². The molecule has 2 aromatic rings. The number of aromatic nitrogens is 2. The van der Waals surface area contributed by atoms with E-state index < -0.39 is 5.60 Å². The number of carbonyl (C=O) groups is 1. The summed E-state index contributed by atoms with van der Waals surface area (Å²) in [4.78, 5) is 29.7. The van der Waals surface area contributed by atoms with Gasteiger partial charge in [0.25, 0.3) is 0 Å². The Kier molecular flexibility index (Phi) is 9.41. The molecule has 11 heteroatoms. The van der Waals surface area contributed by atoms with Gasteiger partial charge in [-0.25, -0.2) is 14.8 Å². The summed E-state index contributed by atoms with van der Waals surface area (Å²) in [6, 6.07) is 6.55. The van der Waals surface area contributed by atoms with Crippen molar-refractivity contribution in [2.75, 3.05) is 56.4 Å². The smallest absolute Gasteiger partial charge is 0.410 e. The van der Waals surface area contributed by atoms with Crippen LogP contribution < -0.4 is 10.6 Å². The number of piperazine rings is 1. The molecule has 0 unspecified atom stereocenters. The van der Waals surface area contributed by atoms with Crippen LogP contribution in [0.4, 0.5) is 21.6 Å². The monoisotopic (exact) mass is 540 g/mol. The molecule has 206 valence electrons. The highest BCUT2D eigenvalue weighted by atomic mass is 32.1. The number of likely N-dealkylation sites (tertiary alicyclic amines) is 1. The summed E-state index contributed by atoms with van der Waals surface area (Å²) in [5, 5.41) is 16.7. The first-order valence-corrected chi connectivity index (χ1v) is 14.2. The minimum Gasteiger partial charge on any atom is -0.444 e. The van der Waals surface area contributed by atoms with Crippen molar-refractivity contribution in [2.45, 2.75) is 65.1 Å². The van der Waals surface area contributed by atoms with Gasteiger partial charge in [-0.3, -0.25) is 9.80 Å². The lowest BCUT2D eigenvalue weighted by Gasteiger charge is -2.35. The molecule has 0 saturated carbocycles. The molecular formula is C27H40N8O2S. The van der Waals surface area contributed by atoms with Crippen LogP contribution in [0.5, 0.6) is 0 Å². The summed E-state index contributed by atoms with van der Waals surface area (Å²) in [6.45, 7) is 14.6. The zero-order chi connectivity index (χ0) is 27.1. The number of ether oxygens (including phenoxy) is 1. The molecule has 10 nitrogen and oxygen atoms in total. The van der Waals surface area contributed by atoms with E-state index in [-0.39, 0.29) is 12.1 Å². The molecule has 2 aliphatic heterocycles. The highest BCUT2D eigenvalue weighted by Crippen LogP contribution is 2.25. The van der Waals surface area contributed by atoms with Crippen molar-refractivity contribution in [3.05, 3.63) is 28.8 Å². The van der Waals surface area contributed by atoms with Crippen LogP contribution in [0.25, 0.3) is 0 Å². The highest BCUT2D eigenvalue weighted by molar-refractivity contribution is 7.15. The molecule has 2 aliphatic rings. The van der Waals surface area contributed by atoms with E-state index >= 15 is 0 Å². The first kappa shape index (κ1) is 28.1. The van der Waals surface area contributed by atoms with E-state index in [1.54, 1.807) is 16.2 Å². The second kappa shape index (κ2) is 12.7. The Hall–Kier alpha value is -2.94. The molecule has 2 saturated heterocycles. The molecular weight excluding hydrogens is 500 g/mol. The van der Waals surface area contributed by atoms with Crippen molar-refractivity contribution in [1.82, 2.24) is 24.7 Å². The van der Waals surface area contributed by atoms with Crippen molar-refractivity contribution in [3.8, 4) is 6.07 Å². The number of pyridine rings is 1. The number of rotatable bonds is 8. The van der Waals surface area contributed by atoms with Crippen LogP contribution in [0.15, 0.2) is 18.3 Å². The summed E-state index contributed by atoms with van der Waals surface area (Å²) < 4.78 is 5.60. The second-order valence-electron chi connectivity index (χ2n) is 11.1. The number of hydrogen-bond donors (Lipinski definition) is 2. The van der Waals surface area contributed by atoms with Gasteiger partial charge in [-0.2, -0.15) is 5.26 Å². The predicted molar refractivity (Wildman–Crippen MR) is 151 cm³/mol. The van der Waals surface area contributed by atoms with Gasteiger partial charge in [-0.1, -0.05) is 0 Å². The number of hydrogen-bond acceptors (Lipinski definition) is 10. The average molecular weight is 541 g/mol. The molecule has 4 heterocycles. The largest absolute Gasteiger partial charge is 0.444 e. The molecule has 1 atom stereocenters. The van der Waals surface area contributed by atoms with Crippen LogP contribution in [-0.2, 0) is 11.3 Å². The summed E-state index contributed by atoms with van der Waals surface area (Å²) in [5.41, 5.74) is 0.659. The minimum atomic E-state index is -0.511. The van der Waals surface area contributed by atoms with E-state index in [4.69, 9.17) is 15.0 Å². The Morgan fingerprint density at radius 1 is 1.18 bits per heavy atom. The lowest BCUT2D eigenvalue weighted by atomic mass is 10.1. The van der Waals surface area contributed by atoms with Gasteiger partial charge in [0.2, 0.25) is 0 Å². The quantitative estimate of drug-likeness (QED) is 0.502. The summed E-state index contributed by atoms with van der Waals surface area (Å²) in [5.74, 6) is 1.55. The predicted octanol–water partition coefficient (Wildman–Crippen LogP) is 4.43. The van der Waals surface area contributed by atoms with Gasteiger partial charge >= 0.3 is 6.09 Å². The Morgan fingerprint density at radius 3 is 2.61 bits per heavy atom. The number of amides is 1. The molecule has 0 aromatic carbocycles. The number of anilines is 3. The molecule has 4 rings (SSSR count). The number of aryl methyl sites for hydroxylation is 1. The summed E-state index contributed by atoms with van der Waals surface area (Å²) in [7, 11) is 0. The number of nitrogens with one attached hydrogen (secondary N) is 2. The van der Waals surface area contributed by atoms with Crippen molar-refractivity contribution in [3.63, 3.8) is 0 Å². The molecule has 0 radical (unpaired) electrons. The SMILES string of the molecule is Cc1cnc(Nc2cc(CN3CCN(CCC#N)CC3)cc(N[C@H]3CCCN(C(=O)OC(C)(C)C)C3)n2)s1. The van der Waals surface area contributed by atoms with E-state index in [1.165, 1.54) is 5.56 Å². The maximum atomic E-state index is 12.6. The topological polar surface area (TPSA) is 110 Å². The van der Waals surface area contributed by atoms with Crippen molar-refractivity contribution < 1.29 is 9.53 Å². The Bertz CT molecular complexity index is 1120. The standard InChI is InChI=1S/C27H40N8O2S/c1-20-17-29-25(38-20)32-24-16-21(18-34-13-11-33(12-14-34)9-6-8-28)15-23(31-24)30-22-7-5-10-35(19-22)26(36)37-27(2,3)4/h15-17,22H,5-7,9-14,18-19H2,1-4H3,(H2,29,30,31,32)/t22-/m0/s1. The number of nitriles is 1. The van der Waals surface area contributed by atoms with Gasteiger partial charge in [0.05, 0.1) is 6.07 Å². The van der Waals surface area contributed by atoms with Crippen molar-refractivity contribution in [2.24, 2.45) is 0 Å². The van der Waals surface area contributed by atoms with E-state index in [0.717, 1.165) is 73.8 Å². The van der Waals surface area contributed by atoms with Crippen LogP contribution in [0, 0.1) is 18.3 Å². The van der Waals surface area contributed by atoms with Crippen molar-refractivity contribution >= 4 is 34.2 Å². The first-order chi connectivity index (χ1) is 18.2. The second-order valence-corrected chi connectivity index (χ2v) is 12.3. The Morgan fingerprint density at radius 2 is 1.92 bits per heavy atom. The van der Waals surface area contributed by atoms with Crippen LogP contribution >= 0.6 is 11.3 Å². The molecule has 0 bridgehead atoms. The maximum absolute atomic E-state index is 12.6. The van der Waals surface area contributed by atoms with Crippen LogP contribution in [-0.4, -0.2) is 88.2 Å². The zero-order valence-corrected chi connectivity index (χ0v) is 23.8. The Labute approximate surface area is 230 Å². The number of carbonyl (C=O) groups excluding carboxylic acids is 1. The molecule has 2 N–H and O–H groups in total. The number of nitrogens with zero attached hydrogens (tertiary/aromatic N) is 6. The van der Waals surface area contributed by atoms with Crippen LogP contribution in [0.1, 0.15) is 50.5 Å². The lowest BCUT2D eigenvalue weighted by molar-refractivity contribution is 0.0206. The summed E-state index contributed by atoms with van der Waals surface area (Å²) in [6.07, 6.45) is 4.05. The number of piperidine rings is 1. The maximum Gasteiger partial charge on any atom is 0.410 e. The van der Waals surface area contributed by atoms with E-state index in [2.05, 4.69) is 43.6 Å². The van der Waals surface area contributed by atoms with E-state index in [1.807, 2.05) is 33.9 Å².